The molecule has 0 aliphatic heterocycles. The molecule has 2 aromatic rings. The molecule has 0 aromatic heterocycles. The third-order valence-electron chi connectivity index (χ3n) is 2.43. The Balaban J connectivity index is 2.30. The number of para-hydroxylation sites is 4. The Morgan fingerprint density at radius 2 is 1.00 bits per heavy atom. The SMILES string of the molecule is CC(=O)Oc1ccccc1Oc1ccccc1OC(C)=O. The highest BCUT2D eigenvalue weighted by molar-refractivity contribution is 5.71. The van der Waals surface area contributed by atoms with Crippen molar-refractivity contribution in [1.82, 2.24) is 0 Å². The van der Waals surface area contributed by atoms with Crippen LogP contribution < -0.4 is 14.2 Å². The van der Waals surface area contributed by atoms with Crippen molar-refractivity contribution in [1.29, 1.82) is 0 Å². The second kappa shape index (κ2) is 6.56. The van der Waals surface area contributed by atoms with Crippen LogP contribution in [0.4, 0.5) is 0 Å². The fraction of sp³-hybridized carbons (Fsp3) is 0.125. The first-order valence-electron chi connectivity index (χ1n) is 6.29. The van der Waals surface area contributed by atoms with Gasteiger partial charge in [-0.3, -0.25) is 9.59 Å². The van der Waals surface area contributed by atoms with E-state index in [9.17, 15) is 9.59 Å². The molecule has 2 aromatic carbocycles. The lowest BCUT2D eigenvalue weighted by Crippen LogP contribution is -2.04. The maximum absolute atomic E-state index is 11.1. The Labute approximate surface area is 122 Å². The van der Waals surface area contributed by atoms with Crippen LogP contribution in [0.25, 0.3) is 0 Å². The van der Waals surface area contributed by atoms with Gasteiger partial charge in [0.1, 0.15) is 0 Å². The molecule has 0 amide bonds. The van der Waals surface area contributed by atoms with Gasteiger partial charge < -0.3 is 14.2 Å². The number of carbonyl (C=O) groups is 2. The summed E-state index contributed by atoms with van der Waals surface area (Å²) >= 11 is 0. The van der Waals surface area contributed by atoms with E-state index >= 15 is 0 Å². The van der Waals surface area contributed by atoms with Crippen molar-refractivity contribution in [2.45, 2.75) is 13.8 Å². The van der Waals surface area contributed by atoms with E-state index in [2.05, 4.69) is 0 Å². The average Bonchev–Trinajstić information content (AvgIpc) is 2.42. The van der Waals surface area contributed by atoms with Gasteiger partial charge in [-0.05, 0) is 24.3 Å². The molecule has 108 valence electrons. The summed E-state index contributed by atoms with van der Waals surface area (Å²) < 4.78 is 15.8. The molecule has 0 N–H and O–H groups in total. The third kappa shape index (κ3) is 4.07. The van der Waals surface area contributed by atoms with Gasteiger partial charge in [-0.2, -0.15) is 0 Å². The molecule has 0 radical (unpaired) electrons. The largest absolute Gasteiger partial charge is 0.450 e. The normalized spacial score (nSPS) is 9.81. The number of carbonyl (C=O) groups excluding carboxylic acids is 2. The number of rotatable bonds is 4. The minimum atomic E-state index is -0.445. The van der Waals surface area contributed by atoms with E-state index in [0.717, 1.165) is 0 Å². The standard InChI is InChI=1S/C16H14O5/c1-11(17)19-13-7-3-5-9-15(13)21-16-10-6-4-8-14(16)20-12(2)18/h3-10H,1-2H3. The lowest BCUT2D eigenvalue weighted by molar-refractivity contribution is -0.132. The van der Waals surface area contributed by atoms with E-state index in [1.807, 2.05) is 0 Å². The minimum absolute atomic E-state index is 0.294. The van der Waals surface area contributed by atoms with Crippen LogP contribution >= 0.6 is 0 Å². The zero-order valence-corrected chi connectivity index (χ0v) is 11.7. The molecule has 0 saturated carbocycles. The maximum atomic E-state index is 11.1. The van der Waals surface area contributed by atoms with Crippen molar-refractivity contribution >= 4 is 11.9 Å². The Morgan fingerprint density at radius 1 is 0.667 bits per heavy atom. The lowest BCUT2D eigenvalue weighted by atomic mass is 10.3. The Kier molecular flexibility index (Phi) is 4.56. The van der Waals surface area contributed by atoms with Crippen LogP contribution in [-0.2, 0) is 9.59 Å². The van der Waals surface area contributed by atoms with E-state index in [1.54, 1.807) is 48.5 Å². The second-order valence-electron chi connectivity index (χ2n) is 4.18. The summed E-state index contributed by atoms with van der Waals surface area (Å²) in [6, 6.07) is 13.5. The molecular formula is C16H14O5. The van der Waals surface area contributed by atoms with Gasteiger partial charge >= 0.3 is 11.9 Å². The predicted octanol–water partition coefficient (Wildman–Crippen LogP) is 3.33. The maximum Gasteiger partial charge on any atom is 0.308 e. The summed E-state index contributed by atoms with van der Waals surface area (Å²) in [7, 11) is 0. The molecule has 0 aliphatic rings. The van der Waals surface area contributed by atoms with Gasteiger partial charge in [-0.1, -0.05) is 24.3 Å². The van der Waals surface area contributed by atoms with Crippen LogP contribution in [0.15, 0.2) is 48.5 Å². The van der Waals surface area contributed by atoms with Crippen molar-refractivity contribution in [2.75, 3.05) is 0 Å². The molecule has 0 aliphatic carbocycles. The Hall–Kier alpha value is -2.82. The van der Waals surface area contributed by atoms with E-state index in [-0.39, 0.29) is 0 Å². The molecule has 21 heavy (non-hydrogen) atoms. The van der Waals surface area contributed by atoms with Crippen LogP contribution in [0, 0.1) is 0 Å². The molecule has 0 spiro atoms. The molecular weight excluding hydrogens is 272 g/mol. The molecule has 5 nitrogen and oxygen atoms in total. The number of hydrogen-bond acceptors (Lipinski definition) is 5. The summed E-state index contributed by atoms with van der Waals surface area (Å²) in [4.78, 5) is 22.2. The summed E-state index contributed by atoms with van der Waals surface area (Å²) in [5.74, 6) is 0.406. The van der Waals surface area contributed by atoms with Gasteiger partial charge in [0.05, 0.1) is 0 Å². The molecule has 2 rings (SSSR count). The average molecular weight is 286 g/mol. The molecule has 0 atom stereocenters. The monoisotopic (exact) mass is 286 g/mol. The van der Waals surface area contributed by atoms with Gasteiger partial charge in [0.2, 0.25) is 0 Å². The van der Waals surface area contributed by atoms with Crippen LogP contribution in [0.5, 0.6) is 23.0 Å². The van der Waals surface area contributed by atoms with Crippen LogP contribution in [-0.4, -0.2) is 11.9 Å². The fourth-order valence-electron chi connectivity index (χ4n) is 1.67. The first kappa shape index (κ1) is 14.6. The highest BCUT2D eigenvalue weighted by atomic mass is 16.6. The number of ether oxygens (including phenoxy) is 3. The van der Waals surface area contributed by atoms with Crippen LogP contribution in [0.2, 0.25) is 0 Å². The van der Waals surface area contributed by atoms with Crippen molar-refractivity contribution in [3.8, 4) is 23.0 Å². The zero-order chi connectivity index (χ0) is 15.2. The highest BCUT2D eigenvalue weighted by Crippen LogP contribution is 2.36. The summed E-state index contributed by atoms with van der Waals surface area (Å²) in [6.45, 7) is 2.62. The first-order valence-corrected chi connectivity index (χ1v) is 6.29. The quantitative estimate of drug-likeness (QED) is 0.637. The summed E-state index contributed by atoms with van der Waals surface area (Å²) in [5.41, 5.74) is 0. The second-order valence-corrected chi connectivity index (χ2v) is 4.18. The Bertz CT molecular complexity index is 606. The van der Waals surface area contributed by atoms with Crippen molar-refractivity contribution in [3.63, 3.8) is 0 Å². The van der Waals surface area contributed by atoms with E-state index in [1.165, 1.54) is 13.8 Å². The topological polar surface area (TPSA) is 61.8 Å². The van der Waals surface area contributed by atoms with E-state index < -0.39 is 11.9 Å². The first-order chi connectivity index (χ1) is 10.1. The van der Waals surface area contributed by atoms with Gasteiger partial charge in [0.15, 0.2) is 23.0 Å². The minimum Gasteiger partial charge on any atom is -0.450 e. The molecule has 5 heteroatoms. The van der Waals surface area contributed by atoms with Crippen LogP contribution in [0.1, 0.15) is 13.8 Å². The van der Waals surface area contributed by atoms with Gasteiger partial charge in [0, 0.05) is 13.8 Å². The lowest BCUT2D eigenvalue weighted by Gasteiger charge is -2.12. The summed E-state index contributed by atoms with van der Waals surface area (Å²) in [6.07, 6.45) is 0. The van der Waals surface area contributed by atoms with Gasteiger partial charge in [-0.25, -0.2) is 0 Å². The van der Waals surface area contributed by atoms with Crippen molar-refractivity contribution in [3.05, 3.63) is 48.5 Å². The summed E-state index contributed by atoms with van der Waals surface area (Å²) in [5, 5.41) is 0. The molecule has 0 heterocycles. The number of esters is 2. The van der Waals surface area contributed by atoms with Crippen molar-refractivity contribution in [2.24, 2.45) is 0 Å². The van der Waals surface area contributed by atoms with Gasteiger partial charge in [0.25, 0.3) is 0 Å². The van der Waals surface area contributed by atoms with Crippen molar-refractivity contribution < 1.29 is 23.8 Å². The van der Waals surface area contributed by atoms with Gasteiger partial charge in [-0.15, -0.1) is 0 Å². The zero-order valence-electron chi connectivity index (χ0n) is 11.7. The smallest absolute Gasteiger partial charge is 0.308 e. The number of hydrogen-bond donors (Lipinski definition) is 0. The van der Waals surface area contributed by atoms with Crippen LogP contribution in [0.3, 0.4) is 0 Å². The molecule has 0 bridgehead atoms. The van der Waals surface area contributed by atoms with E-state index in [0.29, 0.717) is 23.0 Å². The highest BCUT2D eigenvalue weighted by Gasteiger charge is 2.12. The molecule has 0 unspecified atom stereocenters. The van der Waals surface area contributed by atoms with E-state index in [4.69, 9.17) is 14.2 Å². The fourth-order valence-corrected chi connectivity index (χ4v) is 1.67. The molecule has 0 saturated heterocycles. The predicted molar refractivity (Wildman–Crippen MR) is 75.6 cm³/mol. The molecule has 0 fully saturated rings. The third-order valence-corrected chi connectivity index (χ3v) is 2.43. The number of benzene rings is 2. The Morgan fingerprint density at radius 3 is 1.33 bits per heavy atom.